The highest BCUT2D eigenvalue weighted by Crippen LogP contribution is 2.52. The molecule has 1 aliphatic rings. The largest absolute Gasteiger partial charge is 0.208 e. The summed E-state index contributed by atoms with van der Waals surface area (Å²) in [6.45, 7) is 4.68. The van der Waals surface area contributed by atoms with E-state index in [-0.39, 0.29) is 5.41 Å². The first-order valence-electron chi connectivity index (χ1n) is 17.7. The standard InChI is InChI=1S/C48H33N3S/c1-48(2)39-23-10-9-20-36(39)43-35(21-12-24-40(43)48)34-19-11-18-32(28-34)33-26-27-41-38(29-33)44-37(22-13-25-42(44)52-41)47-50-45(30-14-5-3-6-15-30)49-46(51-47)31-16-7-4-8-17-31/h3-29H,1-2H3. The molecule has 0 N–H and O–H groups in total. The van der Waals surface area contributed by atoms with E-state index in [1.807, 2.05) is 47.7 Å². The molecule has 0 bridgehead atoms. The fourth-order valence-electron chi connectivity index (χ4n) is 7.98. The van der Waals surface area contributed by atoms with Crippen LogP contribution in [-0.2, 0) is 5.41 Å². The Bertz CT molecular complexity index is 2760. The lowest BCUT2D eigenvalue weighted by Crippen LogP contribution is -2.14. The van der Waals surface area contributed by atoms with Gasteiger partial charge in [0.25, 0.3) is 0 Å². The van der Waals surface area contributed by atoms with Crippen LogP contribution in [0.1, 0.15) is 25.0 Å². The van der Waals surface area contributed by atoms with Gasteiger partial charge < -0.3 is 0 Å². The number of thiophene rings is 1. The van der Waals surface area contributed by atoms with Crippen LogP contribution in [0.25, 0.3) is 87.7 Å². The van der Waals surface area contributed by atoms with Gasteiger partial charge in [-0.05, 0) is 68.8 Å². The smallest absolute Gasteiger partial charge is 0.164 e. The van der Waals surface area contributed by atoms with E-state index in [1.165, 1.54) is 64.7 Å². The third-order valence-corrected chi connectivity index (χ3v) is 11.7. The van der Waals surface area contributed by atoms with Crippen LogP contribution in [0.15, 0.2) is 164 Å². The molecule has 0 aliphatic heterocycles. The van der Waals surface area contributed by atoms with E-state index in [2.05, 4.69) is 141 Å². The molecule has 2 heterocycles. The quantitative estimate of drug-likeness (QED) is 0.181. The summed E-state index contributed by atoms with van der Waals surface area (Å²) in [5, 5.41) is 2.38. The number of benzene rings is 7. The molecule has 0 atom stereocenters. The Morgan fingerprint density at radius 3 is 1.73 bits per heavy atom. The highest BCUT2D eigenvalue weighted by atomic mass is 32.1. The monoisotopic (exact) mass is 683 g/mol. The Balaban J connectivity index is 1.13. The number of aromatic nitrogens is 3. The van der Waals surface area contributed by atoms with Crippen LogP contribution >= 0.6 is 11.3 Å². The summed E-state index contributed by atoms with van der Waals surface area (Å²) in [7, 11) is 0. The van der Waals surface area contributed by atoms with Gasteiger partial charge in [0.05, 0.1) is 0 Å². The topological polar surface area (TPSA) is 38.7 Å². The summed E-state index contributed by atoms with van der Waals surface area (Å²) in [5.74, 6) is 2.00. The van der Waals surface area contributed by atoms with Gasteiger partial charge in [-0.25, -0.2) is 15.0 Å². The molecule has 10 rings (SSSR count). The fraction of sp³-hybridized carbons (Fsp3) is 0.0625. The van der Waals surface area contributed by atoms with Gasteiger partial charge in [0.15, 0.2) is 17.5 Å². The summed E-state index contributed by atoms with van der Waals surface area (Å²) in [4.78, 5) is 15.1. The first kappa shape index (κ1) is 30.6. The van der Waals surface area contributed by atoms with Crippen molar-refractivity contribution >= 4 is 31.5 Å². The Labute approximate surface area is 307 Å². The normalized spacial score (nSPS) is 13.0. The molecule has 0 saturated heterocycles. The van der Waals surface area contributed by atoms with Crippen LogP contribution in [0.2, 0.25) is 0 Å². The molecule has 9 aromatic rings. The molecule has 0 amide bonds. The van der Waals surface area contributed by atoms with Gasteiger partial charge in [-0.1, -0.05) is 153 Å². The zero-order valence-electron chi connectivity index (χ0n) is 28.8. The highest BCUT2D eigenvalue weighted by molar-refractivity contribution is 7.26. The maximum atomic E-state index is 5.10. The molecule has 7 aromatic carbocycles. The van der Waals surface area contributed by atoms with E-state index in [4.69, 9.17) is 15.0 Å². The minimum atomic E-state index is -0.0372. The summed E-state index contributed by atoms with van der Waals surface area (Å²) in [6.07, 6.45) is 0. The van der Waals surface area contributed by atoms with Crippen molar-refractivity contribution in [2.75, 3.05) is 0 Å². The van der Waals surface area contributed by atoms with E-state index < -0.39 is 0 Å². The van der Waals surface area contributed by atoms with Gasteiger partial charge >= 0.3 is 0 Å². The third kappa shape index (κ3) is 4.90. The molecular formula is C48H33N3S. The second-order valence-corrected chi connectivity index (χ2v) is 15.1. The molecule has 246 valence electrons. The lowest BCUT2D eigenvalue weighted by molar-refractivity contribution is 0.660. The number of fused-ring (bicyclic) bond motifs is 6. The average molecular weight is 684 g/mol. The first-order chi connectivity index (χ1) is 25.5. The van der Waals surface area contributed by atoms with Crippen molar-refractivity contribution in [2.24, 2.45) is 0 Å². The van der Waals surface area contributed by atoms with E-state index in [1.54, 1.807) is 0 Å². The number of rotatable bonds is 5. The van der Waals surface area contributed by atoms with Gasteiger partial charge in [0, 0.05) is 42.3 Å². The highest BCUT2D eigenvalue weighted by Gasteiger charge is 2.36. The van der Waals surface area contributed by atoms with Gasteiger partial charge in [-0.2, -0.15) is 0 Å². The van der Waals surface area contributed by atoms with E-state index >= 15 is 0 Å². The SMILES string of the molecule is CC1(C)c2ccccc2-c2c(-c3cccc(-c4ccc5sc6cccc(-c7nc(-c8ccccc8)nc(-c8ccccc8)n7)c6c5c4)c3)cccc21. The molecule has 1 aliphatic carbocycles. The first-order valence-corrected chi connectivity index (χ1v) is 18.5. The molecular weight excluding hydrogens is 651 g/mol. The molecule has 4 heteroatoms. The number of hydrogen-bond acceptors (Lipinski definition) is 4. The van der Waals surface area contributed by atoms with Gasteiger partial charge in [0.1, 0.15) is 0 Å². The number of hydrogen-bond donors (Lipinski definition) is 0. The van der Waals surface area contributed by atoms with E-state index in [0.29, 0.717) is 17.5 Å². The summed E-state index contributed by atoms with van der Waals surface area (Å²) < 4.78 is 2.45. The van der Waals surface area contributed by atoms with Crippen molar-refractivity contribution in [3.8, 4) is 67.5 Å². The van der Waals surface area contributed by atoms with E-state index in [9.17, 15) is 0 Å². The molecule has 2 aromatic heterocycles. The second-order valence-electron chi connectivity index (χ2n) is 14.0. The predicted molar refractivity (Wildman–Crippen MR) is 217 cm³/mol. The van der Waals surface area contributed by atoms with Crippen molar-refractivity contribution in [3.05, 3.63) is 175 Å². The second kappa shape index (κ2) is 11.9. The maximum Gasteiger partial charge on any atom is 0.164 e. The Morgan fingerprint density at radius 2 is 0.962 bits per heavy atom. The van der Waals surface area contributed by atoms with Crippen molar-refractivity contribution in [3.63, 3.8) is 0 Å². The van der Waals surface area contributed by atoms with Crippen molar-refractivity contribution < 1.29 is 0 Å². The third-order valence-electron chi connectivity index (χ3n) is 10.5. The minimum absolute atomic E-state index is 0.0372. The molecule has 0 radical (unpaired) electrons. The fourth-order valence-corrected chi connectivity index (χ4v) is 9.10. The average Bonchev–Trinajstić information content (AvgIpc) is 3.70. The lowest BCUT2D eigenvalue weighted by Gasteiger charge is -2.21. The Morgan fingerprint density at radius 1 is 0.404 bits per heavy atom. The summed E-state index contributed by atoms with van der Waals surface area (Å²) >= 11 is 1.81. The van der Waals surface area contributed by atoms with Crippen molar-refractivity contribution in [2.45, 2.75) is 19.3 Å². The molecule has 0 saturated carbocycles. The maximum absolute atomic E-state index is 5.10. The van der Waals surface area contributed by atoms with Crippen LogP contribution in [-0.4, -0.2) is 15.0 Å². The van der Waals surface area contributed by atoms with Crippen LogP contribution in [0.4, 0.5) is 0 Å². The molecule has 0 spiro atoms. The van der Waals surface area contributed by atoms with E-state index in [0.717, 1.165) is 16.7 Å². The van der Waals surface area contributed by atoms with Gasteiger partial charge in [0.2, 0.25) is 0 Å². The molecule has 0 unspecified atom stereocenters. The zero-order valence-corrected chi connectivity index (χ0v) is 29.7. The number of nitrogens with zero attached hydrogens (tertiary/aromatic N) is 3. The summed E-state index contributed by atoms with van der Waals surface area (Å²) in [6, 6.07) is 58.4. The molecule has 3 nitrogen and oxygen atoms in total. The lowest BCUT2D eigenvalue weighted by atomic mass is 9.82. The Hall–Kier alpha value is -6.23. The van der Waals surface area contributed by atoms with Crippen LogP contribution in [0.5, 0.6) is 0 Å². The minimum Gasteiger partial charge on any atom is -0.208 e. The summed E-state index contributed by atoms with van der Waals surface area (Å²) in [5.41, 5.74) is 13.2. The van der Waals surface area contributed by atoms with Crippen LogP contribution in [0, 0.1) is 0 Å². The molecule has 0 fully saturated rings. The Kier molecular flexibility index (Phi) is 7.02. The van der Waals surface area contributed by atoms with Crippen molar-refractivity contribution in [1.29, 1.82) is 0 Å². The van der Waals surface area contributed by atoms with Crippen molar-refractivity contribution in [1.82, 2.24) is 15.0 Å². The van der Waals surface area contributed by atoms with Crippen LogP contribution in [0.3, 0.4) is 0 Å². The molecule has 52 heavy (non-hydrogen) atoms. The van der Waals surface area contributed by atoms with Crippen LogP contribution < -0.4 is 0 Å². The predicted octanol–water partition coefficient (Wildman–Crippen LogP) is 12.9. The zero-order chi connectivity index (χ0) is 34.8. The van der Waals surface area contributed by atoms with Gasteiger partial charge in [-0.3, -0.25) is 0 Å². The van der Waals surface area contributed by atoms with Gasteiger partial charge in [-0.15, -0.1) is 11.3 Å².